The van der Waals surface area contributed by atoms with E-state index in [9.17, 15) is 0 Å². The van der Waals surface area contributed by atoms with Crippen molar-refractivity contribution in [3.05, 3.63) is 22.7 Å². The van der Waals surface area contributed by atoms with E-state index in [1.807, 2.05) is 13.8 Å². The van der Waals surface area contributed by atoms with Crippen molar-refractivity contribution < 1.29 is 4.74 Å². The molecule has 0 aromatic carbocycles. The molecule has 0 bridgehead atoms. The van der Waals surface area contributed by atoms with Gasteiger partial charge in [-0.15, -0.1) is 6.42 Å². The van der Waals surface area contributed by atoms with E-state index in [0.717, 1.165) is 11.3 Å². The third kappa shape index (κ3) is 3.50. The number of terminal acetylenes is 1. The maximum atomic E-state index is 5.73. The fourth-order valence-corrected chi connectivity index (χ4v) is 1.37. The van der Waals surface area contributed by atoms with Crippen molar-refractivity contribution in [1.29, 1.82) is 0 Å². The molecule has 0 fully saturated rings. The highest BCUT2D eigenvalue weighted by atomic mass is 35.5. The first-order valence-electron chi connectivity index (χ1n) is 4.67. The molecule has 4 heteroatoms. The first kappa shape index (κ1) is 12.0. The van der Waals surface area contributed by atoms with Crippen LogP contribution in [-0.2, 0) is 11.3 Å². The minimum absolute atomic E-state index is 0.263. The van der Waals surface area contributed by atoms with Gasteiger partial charge in [0.15, 0.2) is 0 Å². The van der Waals surface area contributed by atoms with E-state index >= 15 is 0 Å². The minimum Gasteiger partial charge on any atom is -0.364 e. The second-order valence-corrected chi connectivity index (χ2v) is 3.74. The second-order valence-electron chi connectivity index (χ2n) is 3.40. The molecule has 0 amide bonds. The summed E-state index contributed by atoms with van der Waals surface area (Å²) in [5.41, 5.74) is 1.84. The molecule has 0 N–H and O–H groups in total. The van der Waals surface area contributed by atoms with Gasteiger partial charge in [-0.05, 0) is 17.5 Å². The molecular formula is C11H13ClN2O. The van der Waals surface area contributed by atoms with Crippen LogP contribution in [-0.4, -0.2) is 16.6 Å². The van der Waals surface area contributed by atoms with Crippen molar-refractivity contribution in [2.75, 3.05) is 6.61 Å². The van der Waals surface area contributed by atoms with E-state index in [1.165, 1.54) is 0 Å². The van der Waals surface area contributed by atoms with Gasteiger partial charge >= 0.3 is 0 Å². The lowest BCUT2D eigenvalue weighted by atomic mass is 10.1. The molecule has 1 heterocycles. The van der Waals surface area contributed by atoms with Crippen molar-refractivity contribution >= 4 is 11.6 Å². The zero-order valence-corrected chi connectivity index (χ0v) is 9.58. The third-order valence-corrected chi connectivity index (χ3v) is 2.04. The molecule has 80 valence electrons. The monoisotopic (exact) mass is 224 g/mol. The Morgan fingerprint density at radius 3 is 2.93 bits per heavy atom. The normalized spacial score (nSPS) is 10.3. The molecule has 0 radical (unpaired) electrons. The van der Waals surface area contributed by atoms with Gasteiger partial charge in [-0.1, -0.05) is 19.8 Å². The summed E-state index contributed by atoms with van der Waals surface area (Å²) in [6.45, 7) is 4.81. The molecule has 0 atom stereocenters. The largest absolute Gasteiger partial charge is 0.364 e. The van der Waals surface area contributed by atoms with Crippen LogP contribution in [0.25, 0.3) is 0 Å². The summed E-state index contributed by atoms with van der Waals surface area (Å²) in [6.07, 6.45) is 6.77. The number of hydrogen-bond acceptors (Lipinski definition) is 3. The fraction of sp³-hybridized carbons (Fsp3) is 0.455. The average molecular weight is 225 g/mol. The molecule has 0 aliphatic heterocycles. The maximum absolute atomic E-state index is 5.73. The smallest absolute Gasteiger partial charge is 0.222 e. The fourth-order valence-electron chi connectivity index (χ4n) is 1.23. The van der Waals surface area contributed by atoms with Crippen molar-refractivity contribution in [2.24, 2.45) is 0 Å². The Morgan fingerprint density at radius 1 is 1.60 bits per heavy atom. The topological polar surface area (TPSA) is 35.0 Å². The van der Waals surface area contributed by atoms with Crippen LogP contribution < -0.4 is 0 Å². The van der Waals surface area contributed by atoms with Gasteiger partial charge < -0.3 is 4.74 Å². The summed E-state index contributed by atoms with van der Waals surface area (Å²) in [5.74, 6) is 2.70. The van der Waals surface area contributed by atoms with Crippen LogP contribution in [0.5, 0.6) is 0 Å². The van der Waals surface area contributed by atoms with Crippen LogP contribution >= 0.6 is 11.6 Å². The molecule has 3 nitrogen and oxygen atoms in total. The molecule has 0 saturated carbocycles. The van der Waals surface area contributed by atoms with Gasteiger partial charge in [0.05, 0.1) is 12.3 Å². The number of hydrogen-bond donors (Lipinski definition) is 0. The Morgan fingerprint density at radius 2 is 2.33 bits per heavy atom. The number of rotatable bonds is 4. The second kappa shape index (κ2) is 5.69. The lowest BCUT2D eigenvalue weighted by Gasteiger charge is -2.10. The van der Waals surface area contributed by atoms with E-state index in [-0.39, 0.29) is 11.2 Å². The van der Waals surface area contributed by atoms with Crippen LogP contribution in [0.15, 0.2) is 6.20 Å². The molecule has 1 aromatic rings. The van der Waals surface area contributed by atoms with Crippen molar-refractivity contribution in [2.45, 2.75) is 26.4 Å². The first-order valence-corrected chi connectivity index (χ1v) is 5.05. The summed E-state index contributed by atoms with van der Waals surface area (Å²) in [5, 5.41) is 0.263. The van der Waals surface area contributed by atoms with Gasteiger partial charge in [0.2, 0.25) is 5.28 Å². The van der Waals surface area contributed by atoms with Gasteiger partial charge in [-0.3, -0.25) is 0 Å². The average Bonchev–Trinajstić information content (AvgIpc) is 2.20. The highest BCUT2D eigenvalue weighted by molar-refractivity contribution is 6.28. The zero-order valence-electron chi connectivity index (χ0n) is 8.83. The quantitative estimate of drug-likeness (QED) is 0.448. The Kier molecular flexibility index (Phi) is 4.54. The van der Waals surface area contributed by atoms with Gasteiger partial charge in [-0.2, -0.15) is 0 Å². The lowest BCUT2D eigenvalue weighted by molar-refractivity contribution is 0.152. The highest BCUT2D eigenvalue weighted by Gasteiger charge is 2.09. The van der Waals surface area contributed by atoms with E-state index in [4.69, 9.17) is 22.8 Å². The zero-order chi connectivity index (χ0) is 11.3. The Balaban J connectivity index is 2.82. The minimum atomic E-state index is 0.263. The Bertz CT molecular complexity index is 371. The van der Waals surface area contributed by atoms with Gasteiger partial charge in [0, 0.05) is 11.8 Å². The predicted molar refractivity (Wildman–Crippen MR) is 59.6 cm³/mol. The lowest BCUT2D eigenvalue weighted by Crippen LogP contribution is -2.04. The van der Waals surface area contributed by atoms with E-state index in [1.54, 1.807) is 6.20 Å². The number of aromatic nitrogens is 2. The summed E-state index contributed by atoms with van der Waals surface area (Å²) < 4.78 is 5.24. The molecule has 0 unspecified atom stereocenters. The number of ether oxygens (including phenoxy) is 1. The van der Waals surface area contributed by atoms with Crippen molar-refractivity contribution in [3.63, 3.8) is 0 Å². The van der Waals surface area contributed by atoms with Gasteiger partial charge in [-0.25, -0.2) is 9.97 Å². The number of halogens is 1. The predicted octanol–water partition coefficient (Wildman–Crippen LogP) is 2.40. The van der Waals surface area contributed by atoms with E-state index < -0.39 is 0 Å². The summed E-state index contributed by atoms with van der Waals surface area (Å²) in [6, 6.07) is 0. The molecule has 0 aliphatic carbocycles. The molecular weight excluding hydrogens is 212 g/mol. The van der Waals surface area contributed by atoms with Crippen molar-refractivity contribution in [3.8, 4) is 12.3 Å². The van der Waals surface area contributed by atoms with E-state index in [0.29, 0.717) is 13.2 Å². The van der Waals surface area contributed by atoms with Crippen LogP contribution in [0.3, 0.4) is 0 Å². The molecule has 0 saturated heterocycles. The third-order valence-electron chi connectivity index (χ3n) is 1.86. The SMILES string of the molecule is C#CCOCc1cnc(Cl)nc1C(C)C. The van der Waals surface area contributed by atoms with Gasteiger partial charge in [0.1, 0.15) is 6.61 Å². The maximum Gasteiger partial charge on any atom is 0.222 e. The molecule has 0 spiro atoms. The van der Waals surface area contributed by atoms with Crippen LogP contribution in [0, 0.1) is 12.3 Å². The Hall–Kier alpha value is -1.11. The summed E-state index contributed by atoms with van der Waals surface area (Å²) in [7, 11) is 0. The standard InChI is InChI=1S/C11H13ClN2O/c1-4-5-15-7-9-6-13-11(12)14-10(9)8(2)3/h1,6,8H,5,7H2,2-3H3. The van der Waals surface area contributed by atoms with Gasteiger partial charge in [0.25, 0.3) is 0 Å². The Labute approximate surface area is 94.8 Å². The summed E-state index contributed by atoms with van der Waals surface area (Å²) in [4.78, 5) is 8.10. The molecule has 1 aromatic heterocycles. The van der Waals surface area contributed by atoms with E-state index in [2.05, 4.69) is 15.9 Å². The van der Waals surface area contributed by atoms with Crippen LogP contribution in [0.2, 0.25) is 5.28 Å². The first-order chi connectivity index (χ1) is 7.15. The molecule has 15 heavy (non-hydrogen) atoms. The van der Waals surface area contributed by atoms with Crippen molar-refractivity contribution in [1.82, 2.24) is 9.97 Å². The summed E-state index contributed by atoms with van der Waals surface area (Å²) >= 11 is 5.73. The highest BCUT2D eigenvalue weighted by Crippen LogP contribution is 2.18. The van der Waals surface area contributed by atoms with Crippen LogP contribution in [0.4, 0.5) is 0 Å². The van der Waals surface area contributed by atoms with Crippen LogP contribution in [0.1, 0.15) is 31.0 Å². The molecule has 1 rings (SSSR count). The number of nitrogens with zero attached hydrogens (tertiary/aromatic N) is 2. The molecule has 0 aliphatic rings.